The molecule has 0 amide bonds. The SMILES string of the molecule is CCC(N)C(CCO)c1ccc(-c2ccccc2)cc1. The molecule has 0 saturated heterocycles. The van der Waals surface area contributed by atoms with E-state index >= 15 is 0 Å². The van der Waals surface area contributed by atoms with Gasteiger partial charge in [-0.1, -0.05) is 61.5 Å². The summed E-state index contributed by atoms with van der Waals surface area (Å²) >= 11 is 0. The number of hydrogen-bond acceptors (Lipinski definition) is 2. The van der Waals surface area contributed by atoms with E-state index < -0.39 is 0 Å². The zero-order chi connectivity index (χ0) is 14.4. The van der Waals surface area contributed by atoms with Crippen LogP contribution in [0.4, 0.5) is 0 Å². The Morgan fingerprint density at radius 3 is 2.10 bits per heavy atom. The second-order valence-corrected chi connectivity index (χ2v) is 5.18. The Labute approximate surface area is 121 Å². The van der Waals surface area contributed by atoms with Crippen molar-refractivity contribution in [3.8, 4) is 11.1 Å². The second kappa shape index (κ2) is 7.22. The molecule has 0 aliphatic rings. The molecule has 2 unspecified atom stereocenters. The molecular formula is C18H23NO. The van der Waals surface area contributed by atoms with Gasteiger partial charge in [-0.2, -0.15) is 0 Å². The Kier molecular flexibility index (Phi) is 5.33. The molecule has 0 bridgehead atoms. The zero-order valence-corrected chi connectivity index (χ0v) is 12.0. The van der Waals surface area contributed by atoms with Crippen LogP contribution in [-0.2, 0) is 0 Å². The van der Waals surface area contributed by atoms with Crippen LogP contribution in [0.3, 0.4) is 0 Å². The van der Waals surface area contributed by atoms with E-state index in [9.17, 15) is 5.11 Å². The first-order valence-electron chi connectivity index (χ1n) is 7.28. The first kappa shape index (κ1) is 14.8. The Morgan fingerprint density at radius 2 is 1.55 bits per heavy atom. The zero-order valence-electron chi connectivity index (χ0n) is 12.0. The first-order chi connectivity index (χ1) is 9.76. The van der Waals surface area contributed by atoms with Gasteiger partial charge in [0.2, 0.25) is 0 Å². The van der Waals surface area contributed by atoms with Gasteiger partial charge in [0.1, 0.15) is 0 Å². The lowest BCUT2D eigenvalue weighted by Gasteiger charge is -2.22. The molecule has 2 rings (SSSR count). The monoisotopic (exact) mass is 269 g/mol. The summed E-state index contributed by atoms with van der Waals surface area (Å²) < 4.78 is 0. The predicted molar refractivity (Wildman–Crippen MR) is 84.6 cm³/mol. The molecule has 0 aromatic heterocycles. The molecule has 2 aromatic rings. The smallest absolute Gasteiger partial charge is 0.0437 e. The van der Waals surface area contributed by atoms with E-state index in [-0.39, 0.29) is 18.6 Å². The van der Waals surface area contributed by atoms with Gasteiger partial charge >= 0.3 is 0 Å². The van der Waals surface area contributed by atoms with E-state index in [1.807, 2.05) is 18.2 Å². The summed E-state index contributed by atoms with van der Waals surface area (Å²) in [5, 5.41) is 9.22. The molecule has 0 saturated carbocycles. The highest BCUT2D eigenvalue weighted by molar-refractivity contribution is 5.63. The molecule has 2 aromatic carbocycles. The highest BCUT2D eigenvalue weighted by Gasteiger charge is 2.17. The quantitative estimate of drug-likeness (QED) is 0.842. The summed E-state index contributed by atoms with van der Waals surface area (Å²) in [5.41, 5.74) is 9.82. The molecule has 0 heterocycles. The third-order valence-electron chi connectivity index (χ3n) is 3.87. The van der Waals surface area contributed by atoms with E-state index in [1.54, 1.807) is 0 Å². The van der Waals surface area contributed by atoms with Gasteiger partial charge in [-0.05, 0) is 29.5 Å². The van der Waals surface area contributed by atoms with Crippen LogP contribution in [0.25, 0.3) is 11.1 Å². The number of aliphatic hydroxyl groups excluding tert-OH is 1. The van der Waals surface area contributed by atoms with Crippen molar-refractivity contribution >= 4 is 0 Å². The summed E-state index contributed by atoms with van der Waals surface area (Å²) in [4.78, 5) is 0. The van der Waals surface area contributed by atoms with Crippen LogP contribution >= 0.6 is 0 Å². The van der Waals surface area contributed by atoms with E-state index in [0.717, 1.165) is 12.8 Å². The van der Waals surface area contributed by atoms with Crippen LogP contribution in [0.2, 0.25) is 0 Å². The fourth-order valence-corrected chi connectivity index (χ4v) is 2.60. The van der Waals surface area contributed by atoms with Gasteiger partial charge in [0.15, 0.2) is 0 Å². The van der Waals surface area contributed by atoms with Gasteiger partial charge in [-0.25, -0.2) is 0 Å². The van der Waals surface area contributed by atoms with E-state index in [1.165, 1.54) is 16.7 Å². The van der Waals surface area contributed by atoms with Crippen molar-refractivity contribution in [1.29, 1.82) is 0 Å². The minimum atomic E-state index is 0.102. The maximum atomic E-state index is 9.22. The van der Waals surface area contributed by atoms with Crippen molar-refractivity contribution in [2.75, 3.05) is 6.61 Å². The molecule has 3 N–H and O–H groups in total. The molecule has 106 valence electrons. The largest absolute Gasteiger partial charge is 0.396 e. The molecule has 0 radical (unpaired) electrons. The average Bonchev–Trinajstić information content (AvgIpc) is 2.53. The molecule has 2 atom stereocenters. The van der Waals surface area contributed by atoms with Gasteiger partial charge in [0, 0.05) is 18.6 Å². The third-order valence-corrected chi connectivity index (χ3v) is 3.87. The maximum absolute atomic E-state index is 9.22. The lowest BCUT2D eigenvalue weighted by molar-refractivity contribution is 0.266. The predicted octanol–water partition coefficient (Wildman–Crippen LogP) is 3.56. The summed E-state index contributed by atoms with van der Waals surface area (Å²) in [5.74, 6) is 0.231. The summed E-state index contributed by atoms with van der Waals surface area (Å²) in [6.07, 6.45) is 1.64. The topological polar surface area (TPSA) is 46.2 Å². The first-order valence-corrected chi connectivity index (χ1v) is 7.28. The highest BCUT2D eigenvalue weighted by Crippen LogP contribution is 2.27. The summed E-state index contributed by atoms with van der Waals surface area (Å²) in [6, 6.07) is 19.0. The van der Waals surface area contributed by atoms with Gasteiger partial charge in [-0.15, -0.1) is 0 Å². The van der Waals surface area contributed by atoms with E-state index in [4.69, 9.17) is 5.73 Å². The lowest BCUT2D eigenvalue weighted by atomic mass is 9.87. The Morgan fingerprint density at radius 1 is 0.950 bits per heavy atom. The fraction of sp³-hybridized carbons (Fsp3) is 0.333. The third kappa shape index (κ3) is 3.47. The normalized spacial score (nSPS) is 13.9. The van der Waals surface area contributed by atoms with Crippen molar-refractivity contribution in [3.05, 3.63) is 60.2 Å². The molecule has 20 heavy (non-hydrogen) atoms. The fourth-order valence-electron chi connectivity index (χ4n) is 2.60. The highest BCUT2D eigenvalue weighted by atomic mass is 16.3. The Hall–Kier alpha value is -1.64. The summed E-state index contributed by atoms with van der Waals surface area (Å²) in [6.45, 7) is 2.27. The molecule has 0 spiro atoms. The van der Waals surface area contributed by atoms with Gasteiger partial charge < -0.3 is 10.8 Å². The van der Waals surface area contributed by atoms with Crippen molar-refractivity contribution in [2.45, 2.75) is 31.7 Å². The molecule has 2 heteroatoms. The number of nitrogens with two attached hydrogens (primary N) is 1. The number of hydrogen-bond donors (Lipinski definition) is 2. The Bertz CT molecular complexity index is 507. The number of benzene rings is 2. The molecule has 0 aliphatic heterocycles. The molecular weight excluding hydrogens is 246 g/mol. The second-order valence-electron chi connectivity index (χ2n) is 5.18. The standard InChI is InChI=1S/C18H23NO/c1-2-18(19)17(12-13-20)16-10-8-15(9-11-16)14-6-4-3-5-7-14/h3-11,17-18,20H,2,12-13,19H2,1H3. The van der Waals surface area contributed by atoms with Crippen molar-refractivity contribution in [1.82, 2.24) is 0 Å². The van der Waals surface area contributed by atoms with E-state index in [0.29, 0.717) is 0 Å². The van der Waals surface area contributed by atoms with Gasteiger partial charge in [0.25, 0.3) is 0 Å². The van der Waals surface area contributed by atoms with Crippen molar-refractivity contribution in [2.24, 2.45) is 5.73 Å². The molecule has 0 aliphatic carbocycles. The average molecular weight is 269 g/mol. The van der Waals surface area contributed by atoms with Gasteiger partial charge in [0.05, 0.1) is 0 Å². The minimum absolute atomic E-state index is 0.102. The number of rotatable bonds is 6. The molecule has 0 fully saturated rings. The maximum Gasteiger partial charge on any atom is 0.0437 e. The molecule has 2 nitrogen and oxygen atoms in total. The lowest BCUT2D eigenvalue weighted by Crippen LogP contribution is -2.28. The van der Waals surface area contributed by atoms with Crippen LogP contribution in [0, 0.1) is 0 Å². The van der Waals surface area contributed by atoms with Crippen molar-refractivity contribution < 1.29 is 5.11 Å². The van der Waals surface area contributed by atoms with Crippen LogP contribution < -0.4 is 5.73 Å². The summed E-state index contributed by atoms with van der Waals surface area (Å²) in [7, 11) is 0. The van der Waals surface area contributed by atoms with Gasteiger partial charge in [-0.3, -0.25) is 0 Å². The van der Waals surface area contributed by atoms with Crippen molar-refractivity contribution in [3.63, 3.8) is 0 Å². The number of aliphatic hydroxyl groups is 1. The Balaban J connectivity index is 2.22. The van der Waals surface area contributed by atoms with Crippen LogP contribution in [-0.4, -0.2) is 17.8 Å². The van der Waals surface area contributed by atoms with Crippen LogP contribution in [0.5, 0.6) is 0 Å². The van der Waals surface area contributed by atoms with Crippen LogP contribution in [0.15, 0.2) is 54.6 Å². The van der Waals surface area contributed by atoms with E-state index in [2.05, 4.69) is 43.3 Å². The van der Waals surface area contributed by atoms with Crippen LogP contribution in [0.1, 0.15) is 31.2 Å². The minimum Gasteiger partial charge on any atom is -0.396 e.